The molecule has 3 aromatic rings. The number of hydrogen-bond donors (Lipinski definition) is 0. The van der Waals surface area contributed by atoms with Crippen LogP contribution in [0.25, 0.3) is 10.9 Å². The number of piperidine rings is 1. The maximum Gasteiger partial charge on any atom is 0.225 e. The van der Waals surface area contributed by atoms with Gasteiger partial charge in [-0.3, -0.25) is 9.48 Å². The van der Waals surface area contributed by atoms with Crippen molar-refractivity contribution in [2.75, 3.05) is 49.1 Å². The summed E-state index contributed by atoms with van der Waals surface area (Å²) in [5.41, 5.74) is 2.74. The maximum absolute atomic E-state index is 14.1. The van der Waals surface area contributed by atoms with Crippen LogP contribution in [0, 0.1) is 18.7 Å². The van der Waals surface area contributed by atoms with E-state index in [1.807, 2.05) is 45.8 Å². The molecule has 1 aromatic carbocycles. The number of benzene rings is 1. The lowest BCUT2D eigenvalue weighted by atomic mass is 9.94. The number of pyridine rings is 1. The van der Waals surface area contributed by atoms with E-state index in [0.29, 0.717) is 31.9 Å². The molecule has 33 heavy (non-hydrogen) atoms. The van der Waals surface area contributed by atoms with Gasteiger partial charge in [-0.2, -0.15) is 5.10 Å². The highest BCUT2D eigenvalue weighted by molar-refractivity contribution is 5.91. The molecule has 0 radical (unpaired) electrons. The van der Waals surface area contributed by atoms with Crippen LogP contribution in [-0.4, -0.2) is 64.8 Å². The van der Waals surface area contributed by atoms with Crippen LogP contribution in [0.5, 0.6) is 0 Å². The van der Waals surface area contributed by atoms with E-state index in [2.05, 4.69) is 16.9 Å². The van der Waals surface area contributed by atoms with E-state index in [0.717, 1.165) is 54.9 Å². The summed E-state index contributed by atoms with van der Waals surface area (Å²) in [6.07, 6.45) is 3.51. The molecule has 0 N–H and O–H groups in total. The topological polar surface area (TPSA) is 57.5 Å². The van der Waals surface area contributed by atoms with Crippen LogP contribution in [0.4, 0.5) is 15.9 Å². The normalized spacial score (nSPS) is 17.7. The first kappa shape index (κ1) is 21.7. The highest BCUT2D eigenvalue weighted by atomic mass is 19.1. The van der Waals surface area contributed by atoms with Gasteiger partial charge in [-0.05, 0) is 44.9 Å². The van der Waals surface area contributed by atoms with Gasteiger partial charge in [0.1, 0.15) is 11.3 Å². The highest BCUT2D eigenvalue weighted by Gasteiger charge is 2.32. The van der Waals surface area contributed by atoms with Gasteiger partial charge in [0.05, 0.1) is 11.4 Å². The molecule has 174 valence electrons. The lowest BCUT2D eigenvalue weighted by Gasteiger charge is -2.39. The zero-order valence-electron chi connectivity index (χ0n) is 19.4. The number of aromatic nitrogens is 3. The number of para-hydroxylation sites is 1. The predicted molar refractivity (Wildman–Crippen MR) is 128 cm³/mol. The molecular weight excluding hydrogens is 419 g/mol. The first-order chi connectivity index (χ1) is 16.1. The third-order valence-electron chi connectivity index (χ3n) is 7.05. The Labute approximate surface area is 193 Å². The van der Waals surface area contributed by atoms with Gasteiger partial charge in [0.2, 0.25) is 5.91 Å². The van der Waals surface area contributed by atoms with Gasteiger partial charge in [-0.15, -0.1) is 0 Å². The second kappa shape index (κ2) is 9.00. The van der Waals surface area contributed by atoms with Gasteiger partial charge in [0.15, 0.2) is 5.82 Å². The average molecular weight is 451 g/mol. The zero-order valence-corrected chi connectivity index (χ0v) is 19.4. The number of hydrogen-bond acceptors (Lipinski definition) is 5. The molecule has 2 fully saturated rings. The fraction of sp³-hybridized carbons (Fsp3) is 0.480. The molecule has 8 heteroatoms. The summed E-state index contributed by atoms with van der Waals surface area (Å²) in [7, 11) is 0. The van der Waals surface area contributed by atoms with Crippen molar-refractivity contribution >= 4 is 28.3 Å². The summed E-state index contributed by atoms with van der Waals surface area (Å²) in [5.74, 6) is 1.05. The van der Waals surface area contributed by atoms with Crippen molar-refractivity contribution in [2.45, 2.75) is 33.2 Å². The van der Waals surface area contributed by atoms with E-state index in [4.69, 9.17) is 4.98 Å². The van der Waals surface area contributed by atoms with E-state index in [9.17, 15) is 9.18 Å². The number of carbonyl (C=O) groups is 1. The molecule has 2 aliphatic rings. The van der Waals surface area contributed by atoms with Crippen molar-refractivity contribution < 1.29 is 9.18 Å². The first-order valence-corrected chi connectivity index (χ1v) is 11.9. The summed E-state index contributed by atoms with van der Waals surface area (Å²) < 4.78 is 16.1. The third kappa shape index (κ3) is 4.03. The van der Waals surface area contributed by atoms with Gasteiger partial charge in [0.25, 0.3) is 0 Å². The molecule has 0 bridgehead atoms. The van der Waals surface area contributed by atoms with Crippen LogP contribution in [0.2, 0.25) is 0 Å². The Balaban J connectivity index is 1.21. The van der Waals surface area contributed by atoms with E-state index < -0.39 is 0 Å². The van der Waals surface area contributed by atoms with Crippen LogP contribution >= 0.6 is 0 Å². The number of rotatable bonds is 4. The first-order valence-electron chi connectivity index (χ1n) is 11.9. The Morgan fingerprint density at radius 2 is 1.76 bits per heavy atom. The van der Waals surface area contributed by atoms with E-state index in [-0.39, 0.29) is 17.6 Å². The molecule has 2 aromatic heterocycles. The van der Waals surface area contributed by atoms with Crippen molar-refractivity contribution in [1.29, 1.82) is 0 Å². The van der Waals surface area contributed by atoms with Crippen molar-refractivity contribution in [1.82, 2.24) is 19.7 Å². The number of piperazine rings is 1. The summed E-state index contributed by atoms with van der Waals surface area (Å²) in [5, 5.41) is 5.81. The minimum atomic E-state index is -0.201. The molecular formula is C25H31FN6O. The van der Waals surface area contributed by atoms with E-state index in [1.165, 1.54) is 6.07 Å². The molecule has 0 saturated carbocycles. The number of carbonyl (C=O) groups excluding carboxylic acids is 1. The minimum Gasteiger partial charge on any atom is -0.366 e. The second-order valence-corrected chi connectivity index (χ2v) is 8.96. The number of amides is 1. The molecule has 0 unspecified atom stereocenters. The molecule has 7 nitrogen and oxygen atoms in total. The predicted octanol–water partition coefficient (Wildman–Crippen LogP) is 3.46. The number of aryl methyl sites for hydroxylation is 2. The smallest absolute Gasteiger partial charge is 0.225 e. The Morgan fingerprint density at radius 3 is 2.45 bits per heavy atom. The van der Waals surface area contributed by atoms with Gasteiger partial charge in [-0.1, -0.05) is 12.1 Å². The van der Waals surface area contributed by atoms with Crippen LogP contribution in [-0.2, 0) is 11.3 Å². The van der Waals surface area contributed by atoms with Crippen molar-refractivity contribution in [3.05, 3.63) is 48.0 Å². The molecule has 4 heterocycles. The number of halogens is 1. The minimum absolute atomic E-state index is 0.0401. The quantitative estimate of drug-likeness (QED) is 0.609. The maximum atomic E-state index is 14.1. The number of nitrogens with zero attached hydrogens (tertiary/aromatic N) is 6. The Hall–Kier alpha value is -3.16. The molecule has 0 aliphatic carbocycles. The molecule has 2 saturated heterocycles. The fourth-order valence-electron chi connectivity index (χ4n) is 5.21. The molecule has 1 amide bonds. The van der Waals surface area contributed by atoms with Crippen molar-refractivity contribution in [3.63, 3.8) is 0 Å². The van der Waals surface area contributed by atoms with E-state index in [1.54, 1.807) is 6.07 Å². The van der Waals surface area contributed by atoms with Gasteiger partial charge >= 0.3 is 0 Å². The Bertz CT molecular complexity index is 1150. The summed E-state index contributed by atoms with van der Waals surface area (Å²) in [6.45, 7) is 9.17. The monoisotopic (exact) mass is 450 g/mol. The lowest BCUT2D eigenvalue weighted by molar-refractivity contribution is -0.136. The molecule has 0 spiro atoms. The summed E-state index contributed by atoms with van der Waals surface area (Å²) >= 11 is 0. The number of anilines is 2. The molecule has 5 rings (SSSR count). The summed E-state index contributed by atoms with van der Waals surface area (Å²) in [4.78, 5) is 24.2. The van der Waals surface area contributed by atoms with Crippen LogP contribution < -0.4 is 9.80 Å². The van der Waals surface area contributed by atoms with Gasteiger partial charge in [0, 0.05) is 63.3 Å². The van der Waals surface area contributed by atoms with Crippen LogP contribution in [0.1, 0.15) is 25.5 Å². The fourth-order valence-corrected chi connectivity index (χ4v) is 5.21. The number of fused-ring (bicyclic) bond motifs is 1. The Morgan fingerprint density at radius 1 is 1.03 bits per heavy atom. The lowest BCUT2D eigenvalue weighted by Crippen LogP contribution is -2.52. The third-order valence-corrected chi connectivity index (χ3v) is 7.05. The SMILES string of the molecule is CCn1nc(C)c2ccnc(N3CCC(C(=O)N4CCN(c5ccccc5F)CC4)CC3)c21. The molecule has 2 aliphatic heterocycles. The summed E-state index contributed by atoms with van der Waals surface area (Å²) in [6, 6.07) is 8.89. The average Bonchev–Trinajstić information content (AvgIpc) is 3.20. The molecule has 0 atom stereocenters. The zero-order chi connectivity index (χ0) is 22.9. The van der Waals surface area contributed by atoms with Crippen LogP contribution in [0.15, 0.2) is 36.5 Å². The largest absolute Gasteiger partial charge is 0.366 e. The Kier molecular flexibility index (Phi) is 5.91. The van der Waals surface area contributed by atoms with E-state index >= 15 is 0 Å². The highest BCUT2D eigenvalue weighted by Crippen LogP contribution is 2.31. The van der Waals surface area contributed by atoms with Crippen molar-refractivity contribution in [2.24, 2.45) is 5.92 Å². The second-order valence-electron chi connectivity index (χ2n) is 8.96. The van der Waals surface area contributed by atoms with Gasteiger partial charge in [-0.25, -0.2) is 9.37 Å². The van der Waals surface area contributed by atoms with Crippen LogP contribution in [0.3, 0.4) is 0 Å². The standard InChI is InChI=1S/C25H31FN6O/c1-3-32-23-20(18(2)28-32)8-11-27-24(23)30-12-9-19(10-13-30)25(33)31-16-14-29(15-17-31)22-7-5-4-6-21(22)26/h4-8,11,19H,3,9-10,12-17H2,1-2H3. The van der Waals surface area contributed by atoms with Gasteiger partial charge < -0.3 is 14.7 Å². The van der Waals surface area contributed by atoms with Crippen molar-refractivity contribution in [3.8, 4) is 0 Å².